The molecule has 0 radical (unpaired) electrons. The van der Waals surface area contributed by atoms with Crippen molar-refractivity contribution in [2.24, 2.45) is 4.99 Å². The van der Waals surface area contributed by atoms with E-state index in [2.05, 4.69) is 19.9 Å². The second-order valence-electron chi connectivity index (χ2n) is 5.39. The summed E-state index contributed by atoms with van der Waals surface area (Å²) in [6, 6.07) is 1.93. The predicted octanol–water partition coefficient (Wildman–Crippen LogP) is 1.28. The van der Waals surface area contributed by atoms with Crippen LogP contribution in [0.4, 0.5) is 5.95 Å². The van der Waals surface area contributed by atoms with Crippen molar-refractivity contribution in [2.75, 3.05) is 24.5 Å². The first kappa shape index (κ1) is 13.0. The van der Waals surface area contributed by atoms with Crippen molar-refractivity contribution in [1.82, 2.24) is 14.9 Å². The molecule has 0 spiro atoms. The van der Waals surface area contributed by atoms with Crippen LogP contribution in [0, 0.1) is 13.8 Å². The maximum atomic E-state index is 11.7. The molecule has 1 saturated heterocycles. The smallest absolute Gasteiger partial charge is 0.269 e. The van der Waals surface area contributed by atoms with Gasteiger partial charge in [0.1, 0.15) is 6.54 Å². The Labute approximate surface area is 118 Å². The maximum Gasteiger partial charge on any atom is 0.269 e. The van der Waals surface area contributed by atoms with E-state index in [0.29, 0.717) is 5.95 Å². The van der Waals surface area contributed by atoms with Gasteiger partial charge in [0.05, 0.1) is 0 Å². The molecule has 106 valence electrons. The number of aryl methyl sites for hydroxylation is 2. The summed E-state index contributed by atoms with van der Waals surface area (Å²) in [4.78, 5) is 28.8. The molecule has 1 amide bonds. The number of anilines is 1. The van der Waals surface area contributed by atoms with E-state index >= 15 is 0 Å². The highest BCUT2D eigenvalue weighted by molar-refractivity contribution is 6.10. The lowest BCUT2D eigenvalue weighted by Gasteiger charge is -2.32. The number of carbonyl (C=O) groups is 1. The summed E-state index contributed by atoms with van der Waals surface area (Å²) >= 11 is 0. The Balaban J connectivity index is 1.91. The zero-order valence-electron chi connectivity index (χ0n) is 12.0. The lowest BCUT2D eigenvalue weighted by Crippen LogP contribution is -2.45. The first-order valence-corrected chi connectivity index (χ1v) is 7.10. The van der Waals surface area contributed by atoms with Gasteiger partial charge in [-0.25, -0.2) is 9.97 Å². The zero-order chi connectivity index (χ0) is 14.1. The molecular weight excluding hydrogens is 254 g/mol. The summed E-state index contributed by atoms with van der Waals surface area (Å²) in [5.74, 6) is 1.19. The molecule has 20 heavy (non-hydrogen) atoms. The molecule has 6 nitrogen and oxygen atoms in total. The molecule has 2 aliphatic heterocycles. The molecule has 0 aliphatic carbocycles. The summed E-state index contributed by atoms with van der Waals surface area (Å²) in [6.45, 7) is 6.02. The largest absolute Gasteiger partial charge is 0.342 e. The van der Waals surface area contributed by atoms with Crippen LogP contribution in [0.15, 0.2) is 11.1 Å². The van der Waals surface area contributed by atoms with Gasteiger partial charge in [0.15, 0.2) is 0 Å². The van der Waals surface area contributed by atoms with Gasteiger partial charge in [0, 0.05) is 24.5 Å². The number of amides is 1. The standard InChI is InChI=1S/C14H19N5O/c1-10-8-11(2)16-13(15-10)19-9-12(20)17-14(19)18-6-4-3-5-7-18/h8H,3-7,9H2,1-2H3. The summed E-state index contributed by atoms with van der Waals surface area (Å²) in [6.07, 6.45) is 3.54. The Hall–Kier alpha value is -1.98. The first-order chi connectivity index (χ1) is 9.63. The highest BCUT2D eigenvalue weighted by Crippen LogP contribution is 2.19. The normalized spacial score (nSPS) is 19.5. The van der Waals surface area contributed by atoms with Gasteiger partial charge in [-0.1, -0.05) is 0 Å². The van der Waals surface area contributed by atoms with Crippen molar-refractivity contribution in [2.45, 2.75) is 33.1 Å². The van der Waals surface area contributed by atoms with Gasteiger partial charge in [-0.05, 0) is 39.2 Å². The van der Waals surface area contributed by atoms with Crippen LogP contribution in [-0.4, -0.2) is 46.4 Å². The number of hydrogen-bond donors (Lipinski definition) is 0. The van der Waals surface area contributed by atoms with Gasteiger partial charge >= 0.3 is 0 Å². The Morgan fingerprint density at radius 2 is 1.70 bits per heavy atom. The predicted molar refractivity (Wildman–Crippen MR) is 76.7 cm³/mol. The molecule has 0 unspecified atom stereocenters. The third-order valence-electron chi connectivity index (χ3n) is 3.61. The van der Waals surface area contributed by atoms with E-state index < -0.39 is 0 Å². The van der Waals surface area contributed by atoms with Gasteiger partial charge in [-0.15, -0.1) is 0 Å². The summed E-state index contributed by atoms with van der Waals surface area (Å²) in [7, 11) is 0. The van der Waals surface area contributed by atoms with Gasteiger partial charge in [0.25, 0.3) is 5.91 Å². The Kier molecular flexibility index (Phi) is 3.38. The lowest BCUT2D eigenvalue weighted by molar-refractivity contribution is -0.115. The molecule has 6 heteroatoms. The fourth-order valence-corrected chi connectivity index (χ4v) is 2.74. The van der Waals surface area contributed by atoms with Crippen LogP contribution in [0.5, 0.6) is 0 Å². The number of nitrogens with zero attached hydrogens (tertiary/aromatic N) is 5. The fourth-order valence-electron chi connectivity index (χ4n) is 2.74. The molecule has 0 atom stereocenters. The molecule has 1 aromatic rings. The highest BCUT2D eigenvalue weighted by Gasteiger charge is 2.31. The molecule has 0 aromatic carbocycles. The molecule has 0 bridgehead atoms. The Morgan fingerprint density at radius 1 is 1.05 bits per heavy atom. The third kappa shape index (κ3) is 2.50. The minimum atomic E-state index is -0.117. The minimum Gasteiger partial charge on any atom is -0.342 e. The minimum absolute atomic E-state index is 0.117. The van der Waals surface area contributed by atoms with E-state index in [1.54, 1.807) is 0 Å². The number of guanidine groups is 1. The van der Waals surface area contributed by atoms with E-state index in [-0.39, 0.29) is 12.5 Å². The van der Waals surface area contributed by atoms with Crippen LogP contribution >= 0.6 is 0 Å². The van der Waals surface area contributed by atoms with E-state index in [1.807, 2.05) is 24.8 Å². The van der Waals surface area contributed by atoms with E-state index in [0.717, 1.165) is 43.3 Å². The average molecular weight is 273 g/mol. The third-order valence-corrected chi connectivity index (χ3v) is 3.61. The van der Waals surface area contributed by atoms with Crippen LogP contribution in [-0.2, 0) is 4.79 Å². The fraction of sp³-hybridized carbons (Fsp3) is 0.571. The number of rotatable bonds is 1. The van der Waals surface area contributed by atoms with Gasteiger partial charge in [0.2, 0.25) is 11.9 Å². The van der Waals surface area contributed by atoms with Gasteiger partial charge in [-0.2, -0.15) is 4.99 Å². The van der Waals surface area contributed by atoms with Crippen molar-refractivity contribution < 1.29 is 4.79 Å². The molecule has 3 rings (SSSR count). The van der Waals surface area contributed by atoms with Crippen molar-refractivity contribution >= 4 is 17.8 Å². The number of aromatic nitrogens is 2. The molecule has 1 aromatic heterocycles. The Bertz CT molecular complexity index is 542. The number of likely N-dealkylation sites (tertiary alicyclic amines) is 1. The van der Waals surface area contributed by atoms with Crippen LogP contribution in [0.3, 0.4) is 0 Å². The first-order valence-electron chi connectivity index (χ1n) is 7.10. The molecular formula is C14H19N5O. The SMILES string of the molecule is Cc1cc(C)nc(N2CC(=O)N=C2N2CCCCC2)n1. The molecule has 2 aliphatic rings. The number of hydrogen-bond acceptors (Lipinski definition) is 5. The van der Waals surface area contributed by atoms with Crippen LogP contribution in [0.2, 0.25) is 0 Å². The highest BCUT2D eigenvalue weighted by atomic mass is 16.2. The van der Waals surface area contributed by atoms with Crippen molar-refractivity contribution in [3.63, 3.8) is 0 Å². The topological polar surface area (TPSA) is 61.7 Å². The molecule has 3 heterocycles. The maximum absolute atomic E-state index is 11.7. The zero-order valence-corrected chi connectivity index (χ0v) is 12.0. The van der Waals surface area contributed by atoms with Gasteiger partial charge < -0.3 is 4.90 Å². The second-order valence-corrected chi connectivity index (χ2v) is 5.39. The lowest BCUT2D eigenvalue weighted by atomic mass is 10.1. The second kappa shape index (κ2) is 5.19. The Morgan fingerprint density at radius 3 is 2.35 bits per heavy atom. The monoisotopic (exact) mass is 273 g/mol. The molecule has 0 saturated carbocycles. The summed E-state index contributed by atoms with van der Waals surface area (Å²) in [5, 5.41) is 0. The molecule has 0 N–H and O–H groups in total. The van der Waals surface area contributed by atoms with Crippen molar-refractivity contribution in [3.8, 4) is 0 Å². The summed E-state index contributed by atoms with van der Waals surface area (Å²) in [5.41, 5.74) is 1.81. The van der Waals surface area contributed by atoms with Crippen LogP contribution < -0.4 is 4.90 Å². The average Bonchev–Trinajstić information content (AvgIpc) is 2.81. The molecule has 1 fully saturated rings. The quantitative estimate of drug-likeness (QED) is 0.771. The number of piperidine rings is 1. The van der Waals surface area contributed by atoms with Crippen LogP contribution in [0.1, 0.15) is 30.7 Å². The number of aliphatic imine (C=N–C) groups is 1. The summed E-state index contributed by atoms with van der Waals surface area (Å²) < 4.78 is 0. The number of carbonyl (C=O) groups excluding carboxylic acids is 1. The van der Waals surface area contributed by atoms with Crippen molar-refractivity contribution in [1.29, 1.82) is 0 Å². The van der Waals surface area contributed by atoms with Crippen LogP contribution in [0.25, 0.3) is 0 Å². The van der Waals surface area contributed by atoms with E-state index in [9.17, 15) is 4.79 Å². The van der Waals surface area contributed by atoms with E-state index in [1.165, 1.54) is 6.42 Å². The van der Waals surface area contributed by atoms with E-state index in [4.69, 9.17) is 0 Å². The van der Waals surface area contributed by atoms with Gasteiger partial charge in [-0.3, -0.25) is 9.69 Å². The van der Waals surface area contributed by atoms with Crippen molar-refractivity contribution in [3.05, 3.63) is 17.5 Å².